The number of pyridine rings is 1. The quantitative estimate of drug-likeness (QED) is 0.788. The predicted molar refractivity (Wildman–Crippen MR) is 69.8 cm³/mol. The van der Waals surface area contributed by atoms with Crippen LogP contribution in [-0.4, -0.2) is 28.9 Å². The van der Waals surface area contributed by atoms with Crippen LogP contribution in [0.5, 0.6) is 0 Å². The highest BCUT2D eigenvalue weighted by Crippen LogP contribution is 2.24. The maximum Gasteiger partial charge on any atom is 0.272 e. The van der Waals surface area contributed by atoms with Gasteiger partial charge in [-0.15, -0.1) is 0 Å². The van der Waals surface area contributed by atoms with Gasteiger partial charge in [-0.3, -0.25) is 9.78 Å². The van der Waals surface area contributed by atoms with Gasteiger partial charge in [-0.25, -0.2) is 0 Å². The molecule has 1 saturated heterocycles. The highest BCUT2D eigenvalue weighted by molar-refractivity contribution is 5.92. The average molecular weight is 234 g/mol. The highest BCUT2D eigenvalue weighted by atomic mass is 16.2. The molecule has 1 aromatic heterocycles. The molecular weight excluding hydrogens is 212 g/mol. The third-order valence-electron chi connectivity index (χ3n) is 3.02. The van der Waals surface area contributed by atoms with Crippen molar-refractivity contribution in [3.05, 3.63) is 30.1 Å². The van der Waals surface area contributed by atoms with Crippen molar-refractivity contribution < 1.29 is 4.79 Å². The van der Waals surface area contributed by atoms with Gasteiger partial charge in [0.2, 0.25) is 0 Å². The van der Waals surface area contributed by atoms with Crippen LogP contribution in [0.1, 0.15) is 38.2 Å². The molecule has 1 aliphatic rings. The van der Waals surface area contributed by atoms with Crippen LogP contribution in [0.15, 0.2) is 24.4 Å². The molecule has 0 N–H and O–H groups in total. The van der Waals surface area contributed by atoms with Gasteiger partial charge in [0, 0.05) is 19.3 Å². The number of amides is 1. The van der Waals surface area contributed by atoms with E-state index in [-0.39, 0.29) is 5.91 Å². The lowest BCUT2D eigenvalue weighted by Crippen LogP contribution is -2.52. The van der Waals surface area contributed by atoms with E-state index in [1.54, 1.807) is 12.3 Å². The molecule has 0 aliphatic carbocycles. The molecule has 0 bridgehead atoms. The Morgan fingerprint density at radius 1 is 1.35 bits per heavy atom. The van der Waals surface area contributed by atoms with E-state index in [1.165, 1.54) is 0 Å². The SMILES string of the molecule is CC.CC(C)C1CN(C(=O)c2ccccn2)C1. The summed E-state index contributed by atoms with van der Waals surface area (Å²) >= 11 is 0. The summed E-state index contributed by atoms with van der Waals surface area (Å²) in [5, 5.41) is 0. The molecule has 1 amide bonds. The topological polar surface area (TPSA) is 33.2 Å². The maximum atomic E-state index is 11.9. The maximum absolute atomic E-state index is 11.9. The van der Waals surface area contributed by atoms with Crippen molar-refractivity contribution in [2.24, 2.45) is 11.8 Å². The minimum absolute atomic E-state index is 0.0625. The number of aromatic nitrogens is 1. The summed E-state index contributed by atoms with van der Waals surface area (Å²) in [6, 6.07) is 5.44. The Kier molecular flexibility index (Phi) is 5.13. The number of carbonyl (C=O) groups excluding carboxylic acids is 1. The van der Waals surface area contributed by atoms with E-state index in [0.717, 1.165) is 13.1 Å². The van der Waals surface area contributed by atoms with E-state index in [0.29, 0.717) is 17.5 Å². The summed E-state index contributed by atoms with van der Waals surface area (Å²) in [5.74, 6) is 1.39. The van der Waals surface area contributed by atoms with Crippen LogP contribution in [0.2, 0.25) is 0 Å². The molecule has 0 spiro atoms. The zero-order valence-electron chi connectivity index (χ0n) is 11.2. The first-order chi connectivity index (χ1) is 8.18. The van der Waals surface area contributed by atoms with E-state index >= 15 is 0 Å². The summed E-state index contributed by atoms with van der Waals surface area (Å²) in [4.78, 5) is 17.8. The van der Waals surface area contributed by atoms with Gasteiger partial charge in [0.25, 0.3) is 5.91 Å². The lowest BCUT2D eigenvalue weighted by Gasteiger charge is -2.41. The van der Waals surface area contributed by atoms with Crippen molar-refractivity contribution in [3.63, 3.8) is 0 Å². The number of hydrogen-bond donors (Lipinski definition) is 0. The Labute approximate surface area is 104 Å². The van der Waals surface area contributed by atoms with Gasteiger partial charge >= 0.3 is 0 Å². The molecule has 0 radical (unpaired) electrons. The Bertz CT molecular complexity index is 342. The minimum Gasteiger partial charge on any atom is -0.337 e. The second-order valence-corrected chi connectivity index (χ2v) is 4.43. The summed E-state index contributed by atoms with van der Waals surface area (Å²) in [5.41, 5.74) is 0.555. The Hall–Kier alpha value is -1.38. The zero-order valence-corrected chi connectivity index (χ0v) is 11.2. The summed E-state index contributed by atoms with van der Waals surface area (Å²) in [6.45, 7) is 10.2. The fraction of sp³-hybridized carbons (Fsp3) is 0.571. The molecule has 1 aliphatic heterocycles. The van der Waals surface area contributed by atoms with E-state index < -0.39 is 0 Å². The number of rotatable bonds is 2. The molecule has 2 rings (SSSR count). The number of carbonyl (C=O) groups is 1. The van der Waals surface area contributed by atoms with Gasteiger partial charge in [-0.05, 0) is 24.0 Å². The van der Waals surface area contributed by atoms with Gasteiger partial charge in [0.15, 0.2) is 0 Å². The van der Waals surface area contributed by atoms with Crippen molar-refractivity contribution in [1.29, 1.82) is 0 Å². The van der Waals surface area contributed by atoms with E-state index in [1.807, 2.05) is 30.9 Å². The standard InChI is InChI=1S/C12H16N2O.C2H6/c1-9(2)10-7-14(8-10)12(15)11-5-3-4-6-13-11;1-2/h3-6,9-10H,7-8H2,1-2H3;1-2H3. The first-order valence-corrected chi connectivity index (χ1v) is 6.39. The van der Waals surface area contributed by atoms with Crippen molar-refractivity contribution in [3.8, 4) is 0 Å². The zero-order chi connectivity index (χ0) is 12.8. The lowest BCUT2D eigenvalue weighted by molar-refractivity contribution is 0.0402. The van der Waals surface area contributed by atoms with Gasteiger partial charge < -0.3 is 4.90 Å². The van der Waals surface area contributed by atoms with E-state index in [2.05, 4.69) is 18.8 Å². The molecule has 1 aromatic rings. The van der Waals surface area contributed by atoms with Crippen LogP contribution >= 0.6 is 0 Å². The normalized spacial score (nSPS) is 15.0. The van der Waals surface area contributed by atoms with Gasteiger partial charge in [0.05, 0.1) is 0 Å². The summed E-state index contributed by atoms with van der Waals surface area (Å²) in [6.07, 6.45) is 1.66. The molecular formula is C14H22N2O. The Morgan fingerprint density at radius 2 is 2.00 bits per heavy atom. The van der Waals surface area contributed by atoms with Crippen molar-refractivity contribution in [1.82, 2.24) is 9.88 Å². The van der Waals surface area contributed by atoms with Crippen LogP contribution in [0.25, 0.3) is 0 Å². The van der Waals surface area contributed by atoms with Crippen LogP contribution in [-0.2, 0) is 0 Å². The van der Waals surface area contributed by atoms with Crippen LogP contribution in [0.4, 0.5) is 0 Å². The molecule has 1 fully saturated rings. The number of hydrogen-bond acceptors (Lipinski definition) is 2. The molecule has 0 unspecified atom stereocenters. The number of likely N-dealkylation sites (tertiary alicyclic amines) is 1. The van der Waals surface area contributed by atoms with Crippen LogP contribution in [0, 0.1) is 11.8 Å². The molecule has 0 saturated carbocycles. The van der Waals surface area contributed by atoms with Gasteiger partial charge in [-0.2, -0.15) is 0 Å². The fourth-order valence-electron chi connectivity index (χ4n) is 1.75. The fourth-order valence-corrected chi connectivity index (χ4v) is 1.75. The second kappa shape index (κ2) is 6.38. The van der Waals surface area contributed by atoms with Crippen molar-refractivity contribution in [2.45, 2.75) is 27.7 Å². The summed E-state index contributed by atoms with van der Waals surface area (Å²) in [7, 11) is 0. The first-order valence-electron chi connectivity index (χ1n) is 6.39. The largest absolute Gasteiger partial charge is 0.337 e. The van der Waals surface area contributed by atoms with E-state index in [9.17, 15) is 4.79 Å². The Morgan fingerprint density at radius 3 is 2.47 bits per heavy atom. The van der Waals surface area contributed by atoms with Crippen molar-refractivity contribution >= 4 is 5.91 Å². The molecule has 0 aromatic carbocycles. The second-order valence-electron chi connectivity index (χ2n) is 4.43. The monoisotopic (exact) mass is 234 g/mol. The average Bonchev–Trinajstić information content (AvgIpc) is 2.30. The first kappa shape index (κ1) is 13.7. The predicted octanol–water partition coefficient (Wildman–Crippen LogP) is 2.84. The molecule has 17 heavy (non-hydrogen) atoms. The third kappa shape index (κ3) is 3.29. The van der Waals surface area contributed by atoms with Crippen LogP contribution in [0.3, 0.4) is 0 Å². The van der Waals surface area contributed by atoms with Gasteiger partial charge in [-0.1, -0.05) is 33.8 Å². The molecule has 3 heteroatoms. The summed E-state index contributed by atoms with van der Waals surface area (Å²) < 4.78 is 0. The molecule has 2 heterocycles. The van der Waals surface area contributed by atoms with Crippen LogP contribution < -0.4 is 0 Å². The van der Waals surface area contributed by atoms with Crippen molar-refractivity contribution in [2.75, 3.05) is 13.1 Å². The van der Waals surface area contributed by atoms with Gasteiger partial charge in [0.1, 0.15) is 5.69 Å². The lowest BCUT2D eigenvalue weighted by atomic mass is 9.88. The molecule has 0 atom stereocenters. The highest BCUT2D eigenvalue weighted by Gasteiger charge is 2.33. The smallest absolute Gasteiger partial charge is 0.272 e. The molecule has 94 valence electrons. The van der Waals surface area contributed by atoms with E-state index in [4.69, 9.17) is 0 Å². The number of nitrogens with zero attached hydrogens (tertiary/aromatic N) is 2. The Balaban J connectivity index is 0.000000686. The molecule has 3 nitrogen and oxygen atoms in total. The minimum atomic E-state index is 0.0625. The third-order valence-corrected chi connectivity index (χ3v) is 3.02.